The normalized spacial score (nSPS) is 11.5. The average molecular weight is 961 g/mol. The summed E-state index contributed by atoms with van der Waals surface area (Å²) in [5.74, 6) is -0.630. The number of anilines is 6. The van der Waals surface area contributed by atoms with Gasteiger partial charge in [0.05, 0.1) is 22.7 Å². The summed E-state index contributed by atoms with van der Waals surface area (Å²) in [6.45, 7) is 12.4. The Morgan fingerprint density at radius 2 is 0.595 bits per heavy atom. The van der Waals surface area contributed by atoms with Crippen molar-refractivity contribution >= 4 is 66.4 Å². The molecule has 12 aromatic carbocycles. The van der Waals surface area contributed by atoms with Gasteiger partial charge in [-0.25, -0.2) is 8.78 Å². The quantitative estimate of drug-likeness (QED) is 0.126. The van der Waals surface area contributed by atoms with E-state index in [-0.39, 0.29) is 11.6 Å². The first-order valence-corrected chi connectivity index (χ1v) is 25.3. The Balaban J connectivity index is 1.13. The number of para-hydroxylation sites is 2. The summed E-state index contributed by atoms with van der Waals surface area (Å²) in [6, 6.07) is 75.5. The molecule has 0 aliphatic heterocycles. The van der Waals surface area contributed by atoms with Crippen molar-refractivity contribution in [3.05, 3.63) is 263 Å². The lowest BCUT2D eigenvalue weighted by Crippen LogP contribution is -2.15. The minimum absolute atomic E-state index is 0.315. The summed E-state index contributed by atoms with van der Waals surface area (Å²) in [7, 11) is 0. The standard InChI is InChI=1S/C70H54F2N2/c1-43-13-7-19-51(33-43)55-37-56(52-20-8-14-44(2)34-52)40-59(39-55)73(69-47(5)17-11-23-63(69)71)65-31-27-49-26-30-62-66(32-28-50-25-29-61(65)67(49)68(50)62)74(70-48(6)18-12-24-64(70)72)60-41-57(53-21-9-15-45(3)35-53)38-58(42-60)54-22-10-16-46(4)36-54/h7-42H,1-6H3. The van der Waals surface area contributed by atoms with Crippen molar-refractivity contribution in [3.8, 4) is 44.5 Å². The number of hydrogen-bond acceptors (Lipinski definition) is 2. The van der Waals surface area contributed by atoms with Gasteiger partial charge in [-0.3, -0.25) is 0 Å². The number of nitrogens with zero attached hydrogens (tertiary/aromatic N) is 2. The lowest BCUT2D eigenvalue weighted by molar-refractivity contribution is 0.627. The van der Waals surface area contributed by atoms with Crippen LogP contribution < -0.4 is 9.80 Å². The van der Waals surface area contributed by atoms with E-state index in [0.29, 0.717) is 11.4 Å². The van der Waals surface area contributed by atoms with E-state index < -0.39 is 0 Å². The van der Waals surface area contributed by atoms with Gasteiger partial charge in [-0.05, 0) is 179 Å². The second kappa shape index (κ2) is 18.6. The van der Waals surface area contributed by atoms with E-state index in [1.807, 2.05) is 26.0 Å². The minimum atomic E-state index is -0.315. The highest BCUT2D eigenvalue weighted by Gasteiger charge is 2.27. The fourth-order valence-electron chi connectivity index (χ4n) is 11.2. The van der Waals surface area contributed by atoms with Gasteiger partial charge in [0.25, 0.3) is 0 Å². The Morgan fingerprint density at radius 3 is 0.905 bits per heavy atom. The summed E-state index contributed by atoms with van der Waals surface area (Å²) in [5.41, 5.74) is 19.0. The first-order valence-electron chi connectivity index (χ1n) is 25.3. The van der Waals surface area contributed by atoms with E-state index in [1.54, 1.807) is 24.3 Å². The first kappa shape index (κ1) is 46.2. The van der Waals surface area contributed by atoms with Crippen molar-refractivity contribution in [3.63, 3.8) is 0 Å². The van der Waals surface area contributed by atoms with E-state index in [0.717, 1.165) is 133 Å². The van der Waals surface area contributed by atoms with Crippen LogP contribution in [0.25, 0.3) is 76.8 Å². The summed E-state index contributed by atoms with van der Waals surface area (Å²) in [4.78, 5) is 4.24. The van der Waals surface area contributed by atoms with Crippen LogP contribution in [0.15, 0.2) is 218 Å². The van der Waals surface area contributed by atoms with Crippen LogP contribution in [0.2, 0.25) is 0 Å². The Labute approximate surface area is 432 Å². The van der Waals surface area contributed by atoms with Crippen LogP contribution in [0.4, 0.5) is 42.9 Å². The highest BCUT2D eigenvalue weighted by Crippen LogP contribution is 2.51. The van der Waals surface area contributed by atoms with Gasteiger partial charge in [0, 0.05) is 22.1 Å². The molecule has 0 unspecified atom stereocenters. The summed E-state index contributed by atoms with van der Waals surface area (Å²) in [5, 5.41) is 6.13. The molecule has 0 amide bonds. The van der Waals surface area contributed by atoms with Crippen molar-refractivity contribution in [1.82, 2.24) is 0 Å². The minimum Gasteiger partial charge on any atom is -0.307 e. The van der Waals surface area contributed by atoms with E-state index in [4.69, 9.17) is 0 Å². The molecular formula is C70H54F2N2. The van der Waals surface area contributed by atoms with Gasteiger partial charge >= 0.3 is 0 Å². The van der Waals surface area contributed by atoms with Crippen LogP contribution in [-0.4, -0.2) is 0 Å². The second-order valence-electron chi connectivity index (χ2n) is 20.1. The zero-order valence-corrected chi connectivity index (χ0v) is 42.4. The van der Waals surface area contributed by atoms with Gasteiger partial charge in [0.15, 0.2) is 0 Å². The van der Waals surface area contributed by atoms with Crippen molar-refractivity contribution in [1.29, 1.82) is 0 Å². The molecular weight excluding hydrogens is 907 g/mol. The maximum atomic E-state index is 17.0. The highest BCUT2D eigenvalue weighted by atomic mass is 19.1. The van der Waals surface area contributed by atoms with E-state index >= 15 is 8.78 Å². The molecule has 0 N–H and O–H groups in total. The molecule has 74 heavy (non-hydrogen) atoms. The third kappa shape index (κ3) is 8.32. The highest BCUT2D eigenvalue weighted by molar-refractivity contribution is 6.28. The Bertz CT molecular complexity index is 3710. The molecule has 358 valence electrons. The van der Waals surface area contributed by atoms with Gasteiger partial charge in [0.1, 0.15) is 11.6 Å². The van der Waals surface area contributed by atoms with Gasteiger partial charge in [-0.15, -0.1) is 0 Å². The van der Waals surface area contributed by atoms with E-state index in [1.165, 1.54) is 0 Å². The van der Waals surface area contributed by atoms with Gasteiger partial charge in [-0.1, -0.05) is 180 Å². The molecule has 0 fully saturated rings. The van der Waals surface area contributed by atoms with Gasteiger partial charge in [0.2, 0.25) is 0 Å². The van der Waals surface area contributed by atoms with Crippen LogP contribution in [0.1, 0.15) is 33.4 Å². The SMILES string of the molecule is Cc1cccc(-c2cc(-c3cccc(C)c3)cc(N(c3c(C)cccc3F)c3ccc4ccc5c(N(c6cc(-c7cccc(C)c7)cc(-c7cccc(C)c7)c6)c6c(C)cccc6F)ccc6ccc3c4c65)c2)c1. The topological polar surface area (TPSA) is 6.48 Å². The molecule has 0 aliphatic carbocycles. The van der Waals surface area contributed by atoms with Crippen molar-refractivity contribution in [2.45, 2.75) is 41.5 Å². The smallest absolute Gasteiger partial charge is 0.147 e. The Morgan fingerprint density at radius 1 is 0.284 bits per heavy atom. The molecule has 0 aromatic heterocycles. The van der Waals surface area contributed by atoms with E-state index in [2.05, 4.69) is 219 Å². The summed E-state index contributed by atoms with van der Waals surface area (Å²) in [6.07, 6.45) is 0. The molecule has 0 bridgehead atoms. The predicted octanol–water partition coefficient (Wildman–Crippen LogP) is 20.3. The molecule has 2 nitrogen and oxygen atoms in total. The van der Waals surface area contributed by atoms with Crippen molar-refractivity contribution in [2.24, 2.45) is 0 Å². The third-order valence-electron chi connectivity index (χ3n) is 14.7. The first-order chi connectivity index (χ1) is 35.9. The summed E-state index contributed by atoms with van der Waals surface area (Å²) < 4.78 is 34.0. The number of aryl methyl sites for hydroxylation is 6. The summed E-state index contributed by atoms with van der Waals surface area (Å²) >= 11 is 0. The average Bonchev–Trinajstić information content (AvgIpc) is 3.41. The van der Waals surface area contributed by atoms with Crippen LogP contribution in [-0.2, 0) is 0 Å². The molecule has 0 spiro atoms. The molecule has 0 heterocycles. The molecule has 12 rings (SSSR count). The molecule has 0 atom stereocenters. The van der Waals surface area contributed by atoms with Crippen LogP contribution in [0, 0.1) is 53.2 Å². The third-order valence-corrected chi connectivity index (χ3v) is 14.7. The van der Waals surface area contributed by atoms with Crippen LogP contribution >= 0.6 is 0 Å². The lowest BCUT2D eigenvalue weighted by atomic mass is 9.91. The lowest BCUT2D eigenvalue weighted by Gasteiger charge is -2.31. The number of hydrogen-bond donors (Lipinski definition) is 0. The number of rotatable bonds is 10. The maximum absolute atomic E-state index is 17.0. The zero-order valence-electron chi connectivity index (χ0n) is 42.4. The predicted molar refractivity (Wildman–Crippen MR) is 310 cm³/mol. The zero-order chi connectivity index (χ0) is 50.8. The number of benzene rings is 12. The van der Waals surface area contributed by atoms with Crippen LogP contribution in [0.3, 0.4) is 0 Å². The largest absolute Gasteiger partial charge is 0.307 e. The van der Waals surface area contributed by atoms with E-state index in [9.17, 15) is 0 Å². The van der Waals surface area contributed by atoms with Gasteiger partial charge in [-0.2, -0.15) is 0 Å². The Hall–Kier alpha value is -8.86. The van der Waals surface area contributed by atoms with Crippen molar-refractivity contribution < 1.29 is 8.78 Å². The second-order valence-corrected chi connectivity index (χ2v) is 20.1. The van der Waals surface area contributed by atoms with Gasteiger partial charge < -0.3 is 9.80 Å². The molecule has 0 saturated carbocycles. The molecule has 0 aliphatic rings. The molecule has 4 heteroatoms. The maximum Gasteiger partial charge on any atom is 0.147 e. The Kier molecular flexibility index (Phi) is 11.6. The monoisotopic (exact) mass is 960 g/mol. The van der Waals surface area contributed by atoms with Crippen LogP contribution in [0.5, 0.6) is 0 Å². The fraction of sp³-hybridized carbons (Fsp3) is 0.0857. The molecule has 0 saturated heterocycles. The van der Waals surface area contributed by atoms with Crippen molar-refractivity contribution in [2.75, 3.05) is 9.80 Å². The molecule has 12 aromatic rings. The number of halogens is 2. The molecule has 0 radical (unpaired) electrons. The fourth-order valence-corrected chi connectivity index (χ4v) is 11.2.